The van der Waals surface area contributed by atoms with Crippen molar-refractivity contribution in [3.05, 3.63) is 43.3 Å². The Balaban J connectivity index is 1.53. The van der Waals surface area contributed by atoms with E-state index in [9.17, 15) is 19.2 Å². The molecule has 0 fully saturated rings. The molecule has 0 aliphatic carbocycles. The molecule has 2 aliphatic heterocycles. The third-order valence-electron chi connectivity index (χ3n) is 13.9. The average Bonchev–Trinajstić information content (AvgIpc) is 3.26. The van der Waals surface area contributed by atoms with Crippen LogP contribution < -0.4 is 0 Å². The highest BCUT2D eigenvalue weighted by molar-refractivity contribution is 9.10. The van der Waals surface area contributed by atoms with Gasteiger partial charge in [-0.15, -0.1) is 0 Å². The molecule has 6 nitrogen and oxygen atoms in total. The average molecular weight is 985 g/mol. The molecule has 0 aromatic heterocycles. The Bertz CT molecular complexity index is 1580. The zero-order valence-electron chi connectivity index (χ0n) is 39.6. The summed E-state index contributed by atoms with van der Waals surface area (Å²) in [6, 6.07) is 3.50. The third kappa shape index (κ3) is 15.5. The summed E-state index contributed by atoms with van der Waals surface area (Å²) in [5.74, 6) is -0.839. The van der Waals surface area contributed by atoms with Gasteiger partial charge in [-0.1, -0.05) is 207 Å². The molecule has 0 bridgehead atoms. The van der Waals surface area contributed by atoms with Gasteiger partial charge in [-0.05, 0) is 81.5 Å². The van der Waals surface area contributed by atoms with E-state index in [2.05, 4.69) is 59.6 Å². The number of carbonyl (C=O) groups is 4. The second-order valence-corrected chi connectivity index (χ2v) is 20.8. The van der Waals surface area contributed by atoms with Gasteiger partial charge in [0.15, 0.2) is 0 Å². The molecule has 62 heavy (non-hydrogen) atoms. The van der Waals surface area contributed by atoms with E-state index in [4.69, 9.17) is 0 Å². The lowest BCUT2D eigenvalue weighted by molar-refractivity contribution is 0.0555. The van der Waals surface area contributed by atoms with Gasteiger partial charge in [0.25, 0.3) is 23.6 Å². The summed E-state index contributed by atoms with van der Waals surface area (Å²) >= 11 is 7.46. The molecule has 2 unspecified atom stereocenters. The first-order chi connectivity index (χ1) is 30.2. The second kappa shape index (κ2) is 29.5. The van der Waals surface area contributed by atoms with Crippen LogP contribution in [0.4, 0.5) is 0 Å². The summed E-state index contributed by atoms with van der Waals surface area (Å²) in [5, 5.41) is 0.886. The smallest absolute Gasteiger partial charge is 0.262 e. The van der Waals surface area contributed by atoms with Crippen molar-refractivity contribution in [1.82, 2.24) is 9.80 Å². The highest BCUT2D eigenvalue weighted by atomic mass is 79.9. The summed E-state index contributed by atoms with van der Waals surface area (Å²) < 4.78 is 1.02. The molecule has 0 N–H and O–H groups in total. The molecule has 8 heteroatoms. The first-order valence-electron chi connectivity index (χ1n) is 25.9. The van der Waals surface area contributed by atoms with Crippen LogP contribution in [0.2, 0.25) is 0 Å². The first kappa shape index (κ1) is 52.6. The lowest BCUT2D eigenvalue weighted by Gasteiger charge is -2.35. The van der Waals surface area contributed by atoms with Crippen molar-refractivity contribution >= 4 is 66.3 Å². The number of imide groups is 2. The Hall–Kier alpha value is -2.06. The number of halogens is 2. The van der Waals surface area contributed by atoms with Gasteiger partial charge in [0.2, 0.25) is 0 Å². The van der Waals surface area contributed by atoms with Crippen molar-refractivity contribution in [2.75, 3.05) is 13.1 Å². The van der Waals surface area contributed by atoms with E-state index in [1.165, 1.54) is 164 Å². The minimum absolute atomic E-state index is 0.234. The molecule has 4 amide bonds. The predicted molar refractivity (Wildman–Crippen MR) is 268 cm³/mol. The monoisotopic (exact) mass is 982 g/mol. The number of hydrogen-bond donors (Lipinski definition) is 0. The number of rotatable bonds is 36. The van der Waals surface area contributed by atoms with Crippen LogP contribution in [0.5, 0.6) is 0 Å². The number of unbranched alkanes of at least 4 members (excludes halogenated alkanes) is 24. The third-order valence-corrected chi connectivity index (χ3v) is 15.2. The highest BCUT2D eigenvalue weighted by Crippen LogP contribution is 2.44. The van der Waals surface area contributed by atoms with Crippen LogP contribution in [0.3, 0.4) is 0 Å². The Morgan fingerprint density at radius 2 is 0.613 bits per heavy atom. The number of nitrogens with zero attached hydrogens (tertiary/aromatic N) is 2. The summed E-state index contributed by atoms with van der Waals surface area (Å²) in [6.07, 6.45) is 38.6. The van der Waals surface area contributed by atoms with E-state index in [0.717, 1.165) is 51.4 Å². The van der Waals surface area contributed by atoms with Crippen LogP contribution in [0.25, 0.3) is 10.8 Å². The van der Waals surface area contributed by atoms with E-state index in [0.29, 0.717) is 55.1 Å². The van der Waals surface area contributed by atoms with Gasteiger partial charge in [0.05, 0.1) is 11.1 Å². The highest BCUT2D eigenvalue weighted by Gasteiger charge is 2.43. The van der Waals surface area contributed by atoms with Crippen LogP contribution in [-0.4, -0.2) is 46.5 Å². The fraction of sp³-hybridized carbons (Fsp3) is 0.741. The van der Waals surface area contributed by atoms with Crippen LogP contribution >= 0.6 is 31.9 Å². The molecule has 0 saturated carbocycles. The summed E-state index contributed by atoms with van der Waals surface area (Å²) in [4.78, 5) is 61.2. The normalized spacial score (nSPS) is 14.8. The molecule has 2 aliphatic rings. The van der Waals surface area contributed by atoms with Gasteiger partial charge < -0.3 is 0 Å². The molecule has 0 saturated heterocycles. The Morgan fingerprint density at radius 1 is 0.371 bits per heavy atom. The van der Waals surface area contributed by atoms with Crippen molar-refractivity contribution in [2.45, 2.75) is 233 Å². The predicted octanol–water partition coefficient (Wildman–Crippen LogP) is 17.4. The van der Waals surface area contributed by atoms with Gasteiger partial charge in [-0.3, -0.25) is 29.0 Å². The summed E-state index contributed by atoms with van der Waals surface area (Å²) in [6.45, 7) is 9.78. The maximum atomic E-state index is 14.6. The van der Waals surface area contributed by atoms with Crippen molar-refractivity contribution < 1.29 is 19.2 Å². The zero-order chi connectivity index (χ0) is 44.7. The standard InChI is InChI=1S/C54H84Br2N2O4/c1-5-9-13-17-21-23-27-31-35-41(33-29-25-19-15-11-7-3)39-57-51(59)43-37-46(56)50-48-44(38-45(55)49(47(43)48)53(57)61)52(60)58(54(50)62)40-42(34-30-26-20-16-12-8-4)36-32-28-24-22-18-14-10-6-2/h37-38,41-42H,5-36,39-40H2,1-4H3. The van der Waals surface area contributed by atoms with Gasteiger partial charge in [0, 0.05) is 43.9 Å². The molecule has 2 aromatic carbocycles. The molecule has 0 spiro atoms. The summed E-state index contributed by atoms with van der Waals surface area (Å²) in [5.41, 5.74) is 1.56. The lowest BCUT2D eigenvalue weighted by atomic mass is 9.84. The minimum atomic E-state index is -0.329. The maximum absolute atomic E-state index is 14.6. The molecular formula is C54H84Br2N2O4. The van der Waals surface area contributed by atoms with Gasteiger partial charge in [-0.25, -0.2) is 0 Å². The van der Waals surface area contributed by atoms with Crippen molar-refractivity contribution in [2.24, 2.45) is 11.8 Å². The molecule has 0 radical (unpaired) electrons. The number of amides is 4. The number of benzene rings is 2. The Kier molecular flexibility index (Phi) is 25.0. The molecule has 4 rings (SSSR count). The Morgan fingerprint density at radius 3 is 0.871 bits per heavy atom. The largest absolute Gasteiger partial charge is 0.274 e. The first-order valence-corrected chi connectivity index (χ1v) is 27.5. The summed E-state index contributed by atoms with van der Waals surface area (Å²) in [7, 11) is 0. The fourth-order valence-corrected chi connectivity index (χ4v) is 11.3. The lowest BCUT2D eigenvalue weighted by Crippen LogP contribution is -2.46. The van der Waals surface area contributed by atoms with E-state index < -0.39 is 0 Å². The van der Waals surface area contributed by atoms with Gasteiger partial charge in [0.1, 0.15) is 0 Å². The molecule has 2 atom stereocenters. The zero-order valence-corrected chi connectivity index (χ0v) is 42.8. The van der Waals surface area contributed by atoms with Crippen LogP contribution in [-0.2, 0) is 0 Å². The number of hydrogen-bond acceptors (Lipinski definition) is 4. The minimum Gasteiger partial charge on any atom is -0.274 e. The maximum Gasteiger partial charge on any atom is 0.262 e. The molecule has 2 heterocycles. The molecule has 2 aromatic rings. The van der Waals surface area contributed by atoms with E-state index in [1.807, 2.05) is 0 Å². The molecular weight excluding hydrogens is 900 g/mol. The SMILES string of the molecule is CCCCCCCCCCC(CCCCCCCC)CN1C(=O)c2cc(Br)c3c4c(cc(Br)c(c24)C1=O)C(=O)N(CC(CCCCCCCC)CCCCCCCCCC)C3=O. The van der Waals surface area contributed by atoms with E-state index in [1.54, 1.807) is 12.1 Å². The second-order valence-electron chi connectivity index (χ2n) is 19.1. The molecule has 348 valence electrons. The van der Waals surface area contributed by atoms with Crippen LogP contribution in [0.15, 0.2) is 21.1 Å². The van der Waals surface area contributed by atoms with Crippen molar-refractivity contribution in [3.63, 3.8) is 0 Å². The quantitative estimate of drug-likeness (QED) is 0.0504. The van der Waals surface area contributed by atoms with Crippen molar-refractivity contribution in [1.29, 1.82) is 0 Å². The fourth-order valence-electron chi connectivity index (χ4n) is 10.1. The topological polar surface area (TPSA) is 74.8 Å². The Labute approximate surface area is 394 Å². The number of carbonyl (C=O) groups excluding carboxylic acids is 4. The van der Waals surface area contributed by atoms with Crippen LogP contribution in [0, 0.1) is 11.8 Å². The van der Waals surface area contributed by atoms with E-state index in [-0.39, 0.29) is 35.5 Å². The van der Waals surface area contributed by atoms with Gasteiger partial charge in [-0.2, -0.15) is 0 Å². The van der Waals surface area contributed by atoms with Crippen LogP contribution in [0.1, 0.15) is 275 Å². The van der Waals surface area contributed by atoms with Crippen molar-refractivity contribution in [3.8, 4) is 0 Å². The van der Waals surface area contributed by atoms with Gasteiger partial charge >= 0.3 is 0 Å². The van der Waals surface area contributed by atoms with E-state index >= 15 is 0 Å².